The van der Waals surface area contributed by atoms with Crippen molar-refractivity contribution in [2.75, 3.05) is 0 Å². The van der Waals surface area contributed by atoms with Crippen molar-refractivity contribution >= 4 is 16.8 Å². The molecule has 4 aromatic rings. The fraction of sp³-hybridized carbons (Fsp3) is 0.192. The summed E-state index contributed by atoms with van der Waals surface area (Å²) in [5.41, 5.74) is 5.41. The average molecular weight is 383 g/mol. The number of para-hydroxylation sites is 1. The Labute approximate surface area is 172 Å². The monoisotopic (exact) mass is 382 g/mol. The molecule has 1 N–H and O–H groups in total. The van der Waals surface area contributed by atoms with Gasteiger partial charge in [-0.2, -0.15) is 0 Å². The van der Waals surface area contributed by atoms with Crippen molar-refractivity contribution in [3.8, 4) is 11.3 Å². The molecule has 0 bridgehead atoms. The smallest absolute Gasteiger partial charge is 0.227 e. The van der Waals surface area contributed by atoms with E-state index in [-0.39, 0.29) is 11.9 Å². The summed E-state index contributed by atoms with van der Waals surface area (Å²) in [6.45, 7) is 4.78. The lowest BCUT2D eigenvalue weighted by atomic mass is 10.0. The van der Waals surface area contributed by atoms with Gasteiger partial charge in [0.05, 0.1) is 12.1 Å². The molecule has 3 aromatic carbocycles. The van der Waals surface area contributed by atoms with Crippen LogP contribution in [0.3, 0.4) is 0 Å². The van der Waals surface area contributed by atoms with E-state index < -0.39 is 0 Å². The SMILES string of the molecule is CC(C)N(Cc1ccccc1)C(=O)Cc1c(-c2ccccc2)[nH]c2ccccc12. The Kier molecular flexibility index (Phi) is 5.48. The topological polar surface area (TPSA) is 36.1 Å². The zero-order chi connectivity index (χ0) is 20.2. The predicted octanol–water partition coefficient (Wildman–Crippen LogP) is 5.81. The third-order valence-electron chi connectivity index (χ3n) is 5.34. The van der Waals surface area contributed by atoms with E-state index in [2.05, 4.69) is 55.2 Å². The fourth-order valence-corrected chi connectivity index (χ4v) is 3.83. The second-order valence-electron chi connectivity index (χ2n) is 7.67. The molecule has 0 fully saturated rings. The molecule has 0 spiro atoms. The summed E-state index contributed by atoms with van der Waals surface area (Å²) in [7, 11) is 0. The van der Waals surface area contributed by atoms with Gasteiger partial charge in [0.25, 0.3) is 0 Å². The van der Waals surface area contributed by atoms with Crippen LogP contribution in [0.2, 0.25) is 0 Å². The van der Waals surface area contributed by atoms with Gasteiger partial charge in [0, 0.05) is 23.5 Å². The van der Waals surface area contributed by atoms with Crippen molar-refractivity contribution < 1.29 is 4.79 Å². The van der Waals surface area contributed by atoms with Crippen LogP contribution < -0.4 is 0 Å². The van der Waals surface area contributed by atoms with Gasteiger partial charge in [-0.05, 0) is 36.6 Å². The maximum atomic E-state index is 13.4. The van der Waals surface area contributed by atoms with Crippen LogP contribution in [0.5, 0.6) is 0 Å². The van der Waals surface area contributed by atoms with Crippen LogP contribution in [0.15, 0.2) is 84.9 Å². The van der Waals surface area contributed by atoms with Crippen molar-refractivity contribution in [1.82, 2.24) is 9.88 Å². The van der Waals surface area contributed by atoms with Gasteiger partial charge in [-0.15, -0.1) is 0 Å². The van der Waals surface area contributed by atoms with Gasteiger partial charge in [-0.1, -0.05) is 78.9 Å². The molecule has 29 heavy (non-hydrogen) atoms. The van der Waals surface area contributed by atoms with E-state index in [1.54, 1.807) is 0 Å². The number of nitrogens with one attached hydrogen (secondary N) is 1. The summed E-state index contributed by atoms with van der Waals surface area (Å²) in [5.74, 6) is 0.144. The fourth-order valence-electron chi connectivity index (χ4n) is 3.83. The van der Waals surface area contributed by atoms with Gasteiger partial charge in [0.1, 0.15) is 0 Å². The number of carbonyl (C=O) groups is 1. The highest BCUT2D eigenvalue weighted by Crippen LogP contribution is 2.31. The number of carbonyl (C=O) groups excluding carboxylic acids is 1. The van der Waals surface area contributed by atoms with Gasteiger partial charge in [0.2, 0.25) is 5.91 Å². The molecule has 3 nitrogen and oxygen atoms in total. The molecule has 0 saturated heterocycles. The first-order valence-corrected chi connectivity index (χ1v) is 10.1. The van der Waals surface area contributed by atoms with E-state index in [0.717, 1.165) is 33.3 Å². The molecule has 0 aliphatic rings. The Balaban J connectivity index is 1.69. The standard InChI is InChI=1S/C26H26N2O/c1-19(2)28(18-20-11-5-3-6-12-20)25(29)17-23-22-15-9-10-16-24(22)27-26(23)21-13-7-4-8-14-21/h3-16,19,27H,17-18H2,1-2H3. The Morgan fingerprint density at radius 1 is 0.862 bits per heavy atom. The number of nitrogens with zero attached hydrogens (tertiary/aromatic N) is 1. The highest BCUT2D eigenvalue weighted by molar-refractivity contribution is 5.95. The molecule has 3 heteroatoms. The van der Waals surface area contributed by atoms with Crippen LogP contribution in [0.25, 0.3) is 22.2 Å². The minimum absolute atomic E-state index is 0.132. The molecule has 4 rings (SSSR count). The zero-order valence-electron chi connectivity index (χ0n) is 16.9. The summed E-state index contributed by atoms with van der Waals surface area (Å²) in [6, 6.07) is 28.8. The van der Waals surface area contributed by atoms with E-state index in [1.807, 2.05) is 53.4 Å². The van der Waals surface area contributed by atoms with E-state index in [1.165, 1.54) is 0 Å². The summed E-state index contributed by atoms with van der Waals surface area (Å²) < 4.78 is 0. The number of aromatic amines is 1. The first kappa shape index (κ1) is 19.0. The maximum Gasteiger partial charge on any atom is 0.227 e. The highest BCUT2D eigenvalue weighted by Gasteiger charge is 2.22. The first-order chi connectivity index (χ1) is 14.1. The van der Waals surface area contributed by atoms with Crippen molar-refractivity contribution in [3.05, 3.63) is 96.1 Å². The number of rotatable bonds is 6. The second-order valence-corrected chi connectivity index (χ2v) is 7.67. The number of aromatic nitrogens is 1. The molecule has 0 radical (unpaired) electrons. The molecule has 0 aliphatic carbocycles. The molecule has 1 aromatic heterocycles. The number of hydrogen-bond donors (Lipinski definition) is 1. The lowest BCUT2D eigenvalue weighted by molar-refractivity contribution is -0.132. The summed E-state index contributed by atoms with van der Waals surface area (Å²) in [5, 5.41) is 1.11. The molecule has 0 unspecified atom stereocenters. The Morgan fingerprint density at radius 2 is 1.48 bits per heavy atom. The van der Waals surface area contributed by atoms with Crippen LogP contribution in [0.4, 0.5) is 0 Å². The van der Waals surface area contributed by atoms with Crippen LogP contribution in [-0.4, -0.2) is 21.8 Å². The molecular weight excluding hydrogens is 356 g/mol. The summed E-state index contributed by atoms with van der Waals surface area (Å²) in [4.78, 5) is 18.9. The van der Waals surface area contributed by atoms with Crippen LogP contribution >= 0.6 is 0 Å². The molecule has 1 heterocycles. The first-order valence-electron chi connectivity index (χ1n) is 10.1. The van der Waals surface area contributed by atoms with Crippen LogP contribution in [-0.2, 0) is 17.8 Å². The predicted molar refractivity (Wildman–Crippen MR) is 120 cm³/mol. The molecule has 0 saturated carbocycles. The van der Waals surface area contributed by atoms with E-state index in [0.29, 0.717) is 13.0 Å². The average Bonchev–Trinajstić information content (AvgIpc) is 3.11. The number of H-pyrrole nitrogens is 1. The summed E-state index contributed by atoms with van der Waals surface area (Å²) >= 11 is 0. The van der Waals surface area contributed by atoms with Gasteiger partial charge >= 0.3 is 0 Å². The summed E-state index contributed by atoms with van der Waals surface area (Å²) in [6.07, 6.45) is 0.374. The Morgan fingerprint density at radius 3 is 2.17 bits per heavy atom. The van der Waals surface area contributed by atoms with Crippen molar-refractivity contribution in [2.24, 2.45) is 0 Å². The second kappa shape index (κ2) is 8.36. The normalized spacial score (nSPS) is 11.1. The third kappa shape index (κ3) is 4.09. The van der Waals surface area contributed by atoms with E-state index >= 15 is 0 Å². The number of benzene rings is 3. The largest absolute Gasteiger partial charge is 0.354 e. The van der Waals surface area contributed by atoms with E-state index in [9.17, 15) is 4.79 Å². The maximum absolute atomic E-state index is 13.4. The molecule has 0 aliphatic heterocycles. The Bertz CT molecular complexity index is 1100. The minimum atomic E-state index is 0.132. The lowest BCUT2D eigenvalue weighted by Crippen LogP contribution is -2.37. The lowest BCUT2D eigenvalue weighted by Gasteiger charge is -2.27. The molecule has 0 atom stereocenters. The van der Waals surface area contributed by atoms with Crippen molar-refractivity contribution in [2.45, 2.75) is 32.9 Å². The van der Waals surface area contributed by atoms with Crippen molar-refractivity contribution in [3.63, 3.8) is 0 Å². The molecular formula is C26H26N2O. The van der Waals surface area contributed by atoms with Crippen LogP contribution in [0, 0.1) is 0 Å². The quantitative estimate of drug-likeness (QED) is 0.448. The number of amides is 1. The van der Waals surface area contributed by atoms with Gasteiger partial charge in [0.15, 0.2) is 0 Å². The number of hydrogen-bond acceptors (Lipinski definition) is 1. The van der Waals surface area contributed by atoms with Gasteiger partial charge in [-0.25, -0.2) is 0 Å². The number of fused-ring (bicyclic) bond motifs is 1. The zero-order valence-corrected chi connectivity index (χ0v) is 16.9. The Hall–Kier alpha value is -3.33. The van der Waals surface area contributed by atoms with Gasteiger partial charge < -0.3 is 9.88 Å². The van der Waals surface area contributed by atoms with Crippen molar-refractivity contribution in [1.29, 1.82) is 0 Å². The van der Waals surface area contributed by atoms with Crippen LogP contribution in [0.1, 0.15) is 25.0 Å². The molecule has 1 amide bonds. The van der Waals surface area contributed by atoms with E-state index in [4.69, 9.17) is 0 Å². The minimum Gasteiger partial charge on any atom is -0.354 e. The third-order valence-corrected chi connectivity index (χ3v) is 5.34. The highest BCUT2D eigenvalue weighted by atomic mass is 16.2. The molecule has 146 valence electrons. The van der Waals surface area contributed by atoms with Gasteiger partial charge in [-0.3, -0.25) is 4.79 Å².